The Bertz CT molecular complexity index is 758. The third kappa shape index (κ3) is 4.01. The molecule has 3 heterocycles. The molecule has 0 aromatic heterocycles. The summed E-state index contributed by atoms with van der Waals surface area (Å²) in [6, 6.07) is 7.15. The van der Waals surface area contributed by atoms with E-state index in [1.54, 1.807) is 11.8 Å². The molecule has 8 nitrogen and oxygen atoms in total. The molecule has 9 heteroatoms. The number of ether oxygens (including phenoxy) is 1. The molecule has 0 bridgehead atoms. The third-order valence-electron chi connectivity index (χ3n) is 5.32. The molecule has 1 aromatic carbocycles. The van der Waals surface area contributed by atoms with Crippen molar-refractivity contribution >= 4 is 35.3 Å². The number of hydrogen-bond donors (Lipinski definition) is 2. The molecule has 28 heavy (non-hydrogen) atoms. The van der Waals surface area contributed by atoms with E-state index in [4.69, 9.17) is 4.74 Å². The van der Waals surface area contributed by atoms with Gasteiger partial charge in [0.2, 0.25) is 5.91 Å². The van der Waals surface area contributed by atoms with Crippen LogP contribution in [-0.2, 0) is 20.9 Å². The molecule has 4 amide bonds. The topological polar surface area (TPSA) is 91.0 Å². The van der Waals surface area contributed by atoms with Gasteiger partial charge in [0.1, 0.15) is 12.1 Å². The first kappa shape index (κ1) is 19.2. The van der Waals surface area contributed by atoms with Gasteiger partial charge in [0.15, 0.2) is 0 Å². The molecule has 3 fully saturated rings. The van der Waals surface area contributed by atoms with Gasteiger partial charge < -0.3 is 15.4 Å². The van der Waals surface area contributed by atoms with Crippen molar-refractivity contribution in [2.45, 2.75) is 18.5 Å². The zero-order valence-corrected chi connectivity index (χ0v) is 16.4. The number of nitrogens with one attached hydrogen (secondary N) is 2. The highest BCUT2D eigenvalue weighted by molar-refractivity contribution is 7.99. The average Bonchev–Trinajstić information content (AvgIpc) is 3.25. The Hall–Kier alpha value is -2.10. The van der Waals surface area contributed by atoms with Gasteiger partial charge >= 0.3 is 6.03 Å². The first-order valence-electron chi connectivity index (χ1n) is 9.46. The molecule has 1 aromatic rings. The number of benzene rings is 1. The van der Waals surface area contributed by atoms with Crippen LogP contribution < -0.4 is 10.6 Å². The lowest BCUT2D eigenvalue weighted by Crippen LogP contribution is -2.47. The fourth-order valence-corrected chi connectivity index (χ4v) is 5.03. The number of urea groups is 1. The molecular weight excluding hydrogens is 380 g/mol. The van der Waals surface area contributed by atoms with Crippen molar-refractivity contribution < 1.29 is 19.1 Å². The highest BCUT2D eigenvalue weighted by Crippen LogP contribution is 2.33. The number of nitrogens with zero attached hydrogens (tertiary/aromatic N) is 2. The molecule has 2 N–H and O–H groups in total. The third-order valence-corrected chi connectivity index (χ3v) is 6.51. The van der Waals surface area contributed by atoms with E-state index in [0.29, 0.717) is 17.9 Å². The van der Waals surface area contributed by atoms with Crippen molar-refractivity contribution in [2.24, 2.45) is 0 Å². The second kappa shape index (κ2) is 8.10. The summed E-state index contributed by atoms with van der Waals surface area (Å²) in [5.41, 5.74) is 0.993. The summed E-state index contributed by atoms with van der Waals surface area (Å²) in [6.07, 6.45) is 0.616. The van der Waals surface area contributed by atoms with Crippen molar-refractivity contribution in [1.82, 2.24) is 15.1 Å². The van der Waals surface area contributed by atoms with Gasteiger partial charge in [-0.2, -0.15) is 11.8 Å². The van der Waals surface area contributed by atoms with E-state index in [2.05, 4.69) is 15.5 Å². The van der Waals surface area contributed by atoms with Crippen LogP contribution in [-0.4, -0.2) is 77.5 Å². The minimum absolute atomic E-state index is 0.271. The molecule has 0 radical (unpaired) electrons. The largest absolute Gasteiger partial charge is 0.379 e. The van der Waals surface area contributed by atoms with Crippen molar-refractivity contribution in [1.29, 1.82) is 0 Å². The van der Waals surface area contributed by atoms with E-state index in [1.807, 2.05) is 24.3 Å². The Kier molecular flexibility index (Phi) is 5.56. The number of rotatable bonds is 5. The van der Waals surface area contributed by atoms with Gasteiger partial charge in [0.05, 0.1) is 13.2 Å². The van der Waals surface area contributed by atoms with Gasteiger partial charge in [-0.1, -0.05) is 12.1 Å². The first-order chi connectivity index (χ1) is 13.6. The Balaban J connectivity index is 1.31. The average molecular weight is 404 g/mol. The summed E-state index contributed by atoms with van der Waals surface area (Å²) in [6.45, 7) is 3.94. The second-order valence-corrected chi connectivity index (χ2v) is 8.44. The van der Waals surface area contributed by atoms with Crippen LogP contribution in [0.2, 0.25) is 0 Å². The maximum atomic E-state index is 12.6. The Morgan fingerprint density at radius 3 is 2.64 bits per heavy atom. The molecule has 3 aliphatic rings. The lowest BCUT2D eigenvalue weighted by Gasteiger charge is -2.26. The van der Waals surface area contributed by atoms with E-state index in [9.17, 15) is 14.4 Å². The summed E-state index contributed by atoms with van der Waals surface area (Å²) in [7, 11) is 0. The molecule has 0 saturated carbocycles. The summed E-state index contributed by atoms with van der Waals surface area (Å²) in [5, 5.41) is 5.54. The van der Waals surface area contributed by atoms with E-state index < -0.39 is 11.6 Å². The van der Waals surface area contributed by atoms with Gasteiger partial charge in [0.25, 0.3) is 5.91 Å². The predicted molar refractivity (Wildman–Crippen MR) is 106 cm³/mol. The van der Waals surface area contributed by atoms with Crippen LogP contribution in [0.25, 0.3) is 0 Å². The second-order valence-electron chi connectivity index (χ2n) is 7.34. The number of imide groups is 1. The lowest BCUT2D eigenvalue weighted by molar-refractivity contribution is -0.133. The molecule has 3 saturated heterocycles. The summed E-state index contributed by atoms with van der Waals surface area (Å²) >= 11 is 1.64. The zero-order chi connectivity index (χ0) is 19.6. The van der Waals surface area contributed by atoms with Gasteiger partial charge in [-0.25, -0.2) is 4.79 Å². The molecule has 1 spiro atoms. The minimum Gasteiger partial charge on any atom is -0.379 e. The Morgan fingerprint density at radius 2 is 1.96 bits per heavy atom. The van der Waals surface area contributed by atoms with E-state index in [-0.39, 0.29) is 18.4 Å². The fraction of sp³-hybridized carbons (Fsp3) is 0.526. The van der Waals surface area contributed by atoms with Crippen LogP contribution >= 0.6 is 11.8 Å². The summed E-state index contributed by atoms with van der Waals surface area (Å²) in [4.78, 5) is 40.5. The van der Waals surface area contributed by atoms with Crippen molar-refractivity contribution in [3.8, 4) is 0 Å². The number of hydrogen-bond acceptors (Lipinski definition) is 6. The molecule has 3 aliphatic heterocycles. The van der Waals surface area contributed by atoms with E-state index in [1.165, 1.54) is 0 Å². The number of morpholine rings is 1. The SMILES string of the molecule is O=C(CN1C(=O)NC2(CCSC2)C1=O)Nc1ccc(CN2CCOCC2)cc1. The molecule has 1 atom stereocenters. The van der Waals surface area contributed by atoms with E-state index in [0.717, 1.165) is 49.1 Å². The van der Waals surface area contributed by atoms with Gasteiger partial charge in [-0.15, -0.1) is 0 Å². The minimum atomic E-state index is -0.816. The molecule has 0 aliphatic carbocycles. The van der Waals surface area contributed by atoms with Crippen molar-refractivity contribution in [3.63, 3.8) is 0 Å². The number of thioether (sulfide) groups is 1. The van der Waals surface area contributed by atoms with Crippen LogP contribution in [0.4, 0.5) is 10.5 Å². The molecular formula is C19H24N4O4S. The van der Waals surface area contributed by atoms with Gasteiger partial charge in [-0.05, 0) is 29.9 Å². The van der Waals surface area contributed by atoms with Crippen LogP contribution in [0.5, 0.6) is 0 Å². The maximum Gasteiger partial charge on any atom is 0.325 e. The van der Waals surface area contributed by atoms with Crippen LogP contribution in [0, 0.1) is 0 Å². The van der Waals surface area contributed by atoms with Gasteiger partial charge in [0, 0.05) is 31.1 Å². The van der Waals surface area contributed by atoms with Crippen LogP contribution in [0.15, 0.2) is 24.3 Å². The van der Waals surface area contributed by atoms with Crippen molar-refractivity contribution in [2.75, 3.05) is 49.7 Å². The highest BCUT2D eigenvalue weighted by Gasteiger charge is 2.53. The van der Waals surface area contributed by atoms with Crippen LogP contribution in [0.1, 0.15) is 12.0 Å². The quantitative estimate of drug-likeness (QED) is 0.709. The predicted octanol–water partition coefficient (Wildman–Crippen LogP) is 0.885. The number of carbonyl (C=O) groups excluding carboxylic acids is 3. The van der Waals surface area contributed by atoms with Gasteiger partial charge in [-0.3, -0.25) is 19.4 Å². The first-order valence-corrected chi connectivity index (χ1v) is 10.6. The number of carbonyl (C=O) groups is 3. The monoisotopic (exact) mass is 404 g/mol. The lowest BCUT2D eigenvalue weighted by atomic mass is 9.99. The van der Waals surface area contributed by atoms with E-state index >= 15 is 0 Å². The summed E-state index contributed by atoms with van der Waals surface area (Å²) < 4.78 is 5.35. The fourth-order valence-electron chi connectivity index (χ4n) is 3.71. The maximum absolute atomic E-state index is 12.6. The molecule has 1 unspecified atom stereocenters. The smallest absolute Gasteiger partial charge is 0.325 e. The van der Waals surface area contributed by atoms with Crippen molar-refractivity contribution in [3.05, 3.63) is 29.8 Å². The Morgan fingerprint density at radius 1 is 1.21 bits per heavy atom. The van der Waals surface area contributed by atoms with Crippen LogP contribution in [0.3, 0.4) is 0 Å². The number of anilines is 1. The normalized spacial score (nSPS) is 25.4. The molecule has 150 valence electrons. The molecule has 4 rings (SSSR count). The zero-order valence-electron chi connectivity index (χ0n) is 15.6. The Labute approximate surface area is 167 Å². The standard InChI is InChI=1S/C19H24N4O4S/c24-16(12-23-17(25)19(21-18(23)26)5-10-28-13-19)20-15-3-1-14(2-4-15)11-22-6-8-27-9-7-22/h1-4H,5-13H2,(H,20,24)(H,21,26). The highest BCUT2D eigenvalue weighted by atomic mass is 32.2. The summed E-state index contributed by atoms with van der Waals surface area (Å²) in [5.74, 6) is 0.731. The number of amides is 4.